The van der Waals surface area contributed by atoms with E-state index >= 15 is 0 Å². The molecule has 12 aromatic heterocycles. The number of ether oxygens (including phenoxy) is 1. The second-order valence-corrected chi connectivity index (χ2v) is 38.3. The number of anilines is 5. The number of rotatable bonds is 11. The van der Waals surface area contributed by atoms with Gasteiger partial charge in [0.2, 0.25) is 0 Å². The van der Waals surface area contributed by atoms with Crippen LogP contribution in [0.5, 0.6) is 0 Å². The minimum atomic E-state index is -0.126. The lowest BCUT2D eigenvalue weighted by atomic mass is 10.1. The van der Waals surface area contributed by atoms with Crippen molar-refractivity contribution in [3.05, 3.63) is 358 Å². The van der Waals surface area contributed by atoms with Crippen LogP contribution in [-0.4, -0.2) is 160 Å². The third-order valence-electron chi connectivity index (χ3n) is 26.8. The molecule has 0 amide bonds. The van der Waals surface area contributed by atoms with Crippen molar-refractivity contribution in [2.24, 2.45) is 0 Å². The third kappa shape index (κ3) is 18.6. The predicted octanol–water partition coefficient (Wildman–Crippen LogP) is 21.8. The smallest absolute Gasteiger partial charge is 0.259 e. The Hall–Kier alpha value is -17.5. The van der Waals surface area contributed by atoms with Crippen molar-refractivity contribution in [1.29, 1.82) is 0 Å². The maximum Gasteiger partial charge on any atom is 0.259 e. The van der Waals surface area contributed by atoms with Gasteiger partial charge in [0.1, 0.15) is 34.9 Å². The average molecular weight is 1940 g/mol. The first-order chi connectivity index (χ1) is 70.4. The molecule has 0 unspecified atom stereocenters. The first-order valence-corrected chi connectivity index (χ1v) is 49.7. The average Bonchev–Trinajstić information content (AvgIpc) is 1.44. The van der Waals surface area contributed by atoms with Crippen molar-refractivity contribution in [3.63, 3.8) is 0 Å². The maximum absolute atomic E-state index is 12.7. The van der Waals surface area contributed by atoms with Gasteiger partial charge in [-0.05, 0) is 179 Å². The summed E-state index contributed by atoms with van der Waals surface area (Å²) in [6, 6.07) is 83.4. The second kappa shape index (κ2) is 39.7. The van der Waals surface area contributed by atoms with Gasteiger partial charge in [-0.1, -0.05) is 121 Å². The van der Waals surface area contributed by atoms with Crippen molar-refractivity contribution in [1.82, 2.24) is 79.7 Å². The molecule has 3 saturated heterocycles. The van der Waals surface area contributed by atoms with Crippen LogP contribution in [0.15, 0.2) is 319 Å². The molecule has 24 aromatic rings. The van der Waals surface area contributed by atoms with Gasteiger partial charge in [-0.15, -0.1) is 22.7 Å². The summed E-state index contributed by atoms with van der Waals surface area (Å²) >= 11 is 3.32. The number of H-pyrrole nitrogens is 10. The minimum absolute atomic E-state index is 0.0888. The van der Waals surface area contributed by atoms with Gasteiger partial charge < -0.3 is 79.1 Å². The fraction of sp³-hybridized carbons (Fsp3) is 0.158. The molecule has 3 aliphatic rings. The number of hydrogen-bond acceptors (Lipinski definition) is 20. The van der Waals surface area contributed by atoms with E-state index in [9.17, 15) is 28.8 Å². The molecule has 28 nitrogen and oxygen atoms in total. The molecule has 0 spiro atoms. The van der Waals surface area contributed by atoms with Gasteiger partial charge in [0.25, 0.3) is 33.4 Å². The van der Waals surface area contributed by atoms with Crippen LogP contribution in [-0.2, 0) is 4.74 Å². The van der Waals surface area contributed by atoms with Crippen molar-refractivity contribution in [2.45, 2.75) is 39.0 Å². The van der Waals surface area contributed by atoms with Gasteiger partial charge in [0, 0.05) is 229 Å². The van der Waals surface area contributed by atoms with E-state index in [1.807, 2.05) is 299 Å². The number of thiophene rings is 2. The molecule has 27 rings (SSSR count). The van der Waals surface area contributed by atoms with Gasteiger partial charge in [-0.2, -0.15) is 0 Å². The highest BCUT2D eigenvalue weighted by Crippen LogP contribution is 2.38. The van der Waals surface area contributed by atoms with Crippen LogP contribution in [0.3, 0.4) is 0 Å². The highest BCUT2D eigenvalue weighted by molar-refractivity contribution is 7.18. The highest BCUT2D eigenvalue weighted by Gasteiger charge is 2.23. The fourth-order valence-electron chi connectivity index (χ4n) is 19.1. The number of nitrogens with one attached hydrogen (secondary N) is 10. The molecule has 30 heteroatoms. The van der Waals surface area contributed by atoms with Gasteiger partial charge in [-0.3, -0.25) is 28.8 Å². The summed E-state index contributed by atoms with van der Waals surface area (Å²) < 4.78 is 7.78. The SMILES string of the molecule is CN(C)c1ccc2nc(-c3c[nH]c4ccccc34)[nH]c(=O)c2c1.CN(C)c1ccc2nc(-c3csc4ccccc34)[nH]c(=O)c2c1.Cc1ccc2nc(-c3csc4ccccc34)[nH]c(=O)c2c1.O=c1[nH]c(-c2c[nH]c3ccccc23)nc2ccc(N3CCCC3)cc12.O=c1[nH]c(-c2c[nH]c3ccccc23)nc2ccc(N3CCCCC3)cc12.O=c1[nH]c(-c2c[nH]c3ccccc23)nc2ccc(N3CCOCC3)cc12. The first-order valence-electron chi connectivity index (χ1n) is 47.9. The molecule has 10 N–H and O–H groups in total. The molecule has 0 aliphatic carbocycles. The van der Waals surface area contributed by atoms with E-state index in [0.717, 1.165) is 178 Å². The summed E-state index contributed by atoms with van der Waals surface area (Å²) in [5, 5.41) is 14.3. The number of piperidine rings is 1. The molecule has 0 radical (unpaired) electrons. The molecular weight excluding hydrogens is 1840 g/mol. The Labute approximate surface area is 829 Å². The minimum Gasteiger partial charge on any atom is -0.378 e. The first kappa shape index (κ1) is 91.6. The fourth-order valence-corrected chi connectivity index (χ4v) is 21.0. The van der Waals surface area contributed by atoms with E-state index in [4.69, 9.17) is 19.7 Å². The largest absolute Gasteiger partial charge is 0.378 e. The van der Waals surface area contributed by atoms with E-state index in [1.165, 1.54) is 41.5 Å². The normalized spacial score (nSPS) is 13.2. The summed E-state index contributed by atoms with van der Waals surface area (Å²) in [4.78, 5) is 145. The Morgan fingerprint density at radius 3 is 0.861 bits per heavy atom. The summed E-state index contributed by atoms with van der Waals surface area (Å²) in [6.07, 6.45) is 13.7. The maximum atomic E-state index is 12.7. The van der Waals surface area contributed by atoms with Crippen LogP contribution >= 0.6 is 22.7 Å². The summed E-state index contributed by atoms with van der Waals surface area (Å²) in [5.41, 5.74) is 19.6. The van der Waals surface area contributed by atoms with E-state index in [2.05, 4.69) is 116 Å². The third-order valence-corrected chi connectivity index (χ3v) is 28.7. The Kier molecular flexibility index (Phi) is 25.2. The molecule has 15 heterocycles. The van der Waals surface area contributed by atoms with Crippen LogP contribution in [0.2, 0.25) is 0 Å². The molecule has 0 atom stereocenters. The Bertz CT molecular complexity index is 9040. The summed E-state index contributed by atoms with van der Waals surface area (Å²) in [5.74, 6) is 3.62. The number of hydrogen-bond donors (Lipinski definition) is 10. The van der Waals surface area contributed by atoms with Crippen molar-refractivity contribution in [3.8, 4) is 68.3 Å². The van der Waals surface area contributed by atoms with Crippen LogP contribution in [0.25, 0.3) is 198 Å². The van der Waals surface area contributed by atoms with Gasteiger partial charge in [0.05, 0.1) is 78.6 Å². The quantitative estimate of drug-likeness (QED) is 0.0575. The molecule has 12 aromatic carbocycles. The van der Waals surface area contributed by atoms with Crippen molar-refractivity contribution < 1.29 is 4.74 Å². The molecule has 144 heavy (non-hydrogen) atoms. The van der Waals surface area contributed by atoms with E-state index < -0.39 is 0 Å². The number of nitrogens with zero attached hydrogens (tertiary/aromatic N) is 11. The summed E-state index contributed by atoms with van der Waals surface area (Å²) in [6.45, 7) is 9.31. The summed E-state index contributed by atoms with van der Waals surface area (Å²) in [7, 11) is 7.80. The zero-order valence-electron chi connectivity index (χ0n) is 79.5. The molecule has 3 fully saturated rings. The molecular formula is C114H99N21O7S2. The number of aromatic amines is 10. The van der Waals surface area contributed by atoms with E-state index in [0.29, 0.717) is 97.0 Å². The molecule has 3 aliphatic heterocycles. The standard InChI is InChI=1S/C21H20N4O.C20H18N4O2.C20H18N4O.C18H16N4O.C18H15N3OS.C17H12N2OS/c26-21-16-12-14(25-10-4-1-5-11-25)8-9-19(16)23-20(24-21)17-13-22-18-7-3-2-6-15(17)18;25-20-15-11-13(24-7-9-26-10-8-24)5-6-18(15)22-19(23-20)16-12-21-17-4-2-1-3-14(16)17;25-20-15-11-13(24-9-3-4-10-24)7-8-18(15)22-19(23-20)16-12-21-17-6-2-1-5-14(16)17;1-22(2)11-7-8-16-13(9-11)18(23)21-17(20-16)14-10-19-15-6-4-3-5-12(14)15;1-21(2)11-7-8-15-13(9-11)18(22)20-17(19-15)14-10-23-16-6-4-3-5-12(14)16;1-10-6-7-14-12(8-10)17(20)19-16(18-14)13-9-21-15-5-3-2-4-11(13)15/h2-3,6-9,12-13,22H,1,4-5,10-11H2,(H,23,24,26);1-6,11-12,21H,7-10H2,(H,22,23,25);1-2,5-8,11-12,21H,3-4,9-10H2,(H,22,23,25);3-10,19H,1-2H3,(H,20,21,23);3-10H,1-2H3,(H,19,20,22);2-9H,1H3,(H,18,19,20). The zero-order valence-corrected chi connectivity index (χ0v) is 81.1. The lowest BCUT2D eigenvalue weighted by Crippen LogP contribution is -2.36. The zero-order chi connectivity index (χ0) is 98.2. The van der Waals surface area contributed by atoms with Gasteiger partial charge >= 0.3 is 0 Å². The number of para-hydroxylation sites is 4. The Morgan fingerprint density at radius 2 is 0.535 bits per heavy atom. The van der Waals surface area contributed by atoms with Crippen molar-refractivity contribution >= 4 is 180 Å². The van der Waals surface area contributed by atoms with Crippen LogP contribution in [0, 0.1) is 6.92 Å². The van der Waals surface area contributed by atoms with Crippen LogP contribution in [0.4, 0.5) is 28.4 Å². The number of morpholine rings is 1. The van der Waals surface area contributed by atoms with E-state index in [-0.39, 0.29) is 33.4 Å². The van der Waals surface area contributed by atoms with Crippen molar-refractivity contribution in [2.75, 3.05) is 105 Å². The number of fused-ring (bicyclic) bond motifs is 12. The highest BCUT2D eigenvalue weighted by atomic mass is 32.1. The Balaban J connectivity index is 0.0000000988. The van der Waals surface area contributed by atoms with Gasteiger partial charge in [-0.25, -0.2) is 29.9 Å². The number of benzene rings is 12. The monoisotopic (exact) mass is 1940 g/mol. The lowest BCUT2D eigenvalue weighted by molar-refractivity contribution is 0.122. The van der Waals surface area contributed by atoms with Crippen LogP contribution < -0.4 is 57.9 Å². The second-order valence-electron chi connectivity index (χ2n) is 36.4. The Morgan fingerprint density at radius 1 is 0.271 bits per heavy atom. The molecule has 0 saturated carbocycles. The predicted molar refractivity (Wildman–Crippen MR) is 589 cm³/mol. The van der Waals surface area contributed by atoms with E-state index in [1.54, 1.807) is 22.7 Å². The number of aryl methyl sites for hydroxylation is 1. The lowest BCUT2D eigenvalue weighted by Gasteiger charge is -2.28. The topological polar surface area (TPSA) is 363 Å². The number of aromatic nitrogens is 16. The van der Waals surface area contributed by atoms with Crippen LogP contribution in [0.1, 0.15) is 37.7 Å². The van der Waals surface area contributed by atoms with Gasteiger partial charge in [0.15, 0.2) is 0 Å². The molecule has 0 bridgehead atoms. The molecule has 714 valence electrons.